The first-order valence-corrected chi connectivity index (χ1v) is 5.10. The summed E-state index contributed by atoms with van der Waals surface area (Å²) in [6, 6.07) is 3.48. The van der Waals surface area contributed by atoms with Gasteiger partial charge in [0.2, 0.25) is 0 Å². The molecule has 0 fully saturated rings. The molecule has 0 bridgehead atoms. The van der Waals surface area contributed by atoms with Crippen LogP contribution in [-0.2, 0) is 9.59 Å². The van der Waals surface area contributed by atoms with E-state index in [9.17, 15) is 9.59 Å². The SMILES string of the molecule is C/C(=N\NC(=O)C(N)=O)c1ccc(Cl)s1. The molecule has 0 saturated carbocycles. The summed E-state index contributed by atoms with van der Waals surface area (Å²) in [5.74, 6) is -2.02. The molecular formula is C8H8ClN3O2S. The molecule has 1 rings (SSSR count). The Morgan fingerprint density at radius 2 is 2.20 bits per heavy atom. The predicted molar refractivity (Wildman–Crippen MR) is 58.9 cm³/mol. The van der Waals surface area contributed by atoms with E-state index < -0.39 is 11.8 Å². The Morgan fingerprint density at radius 3 is 2.67 bits per heavy atom. The number of carbonyl (C=O) groups excluding carboxylic acids is 2. The van der Waals surface area contributed by atoms with Crippen LogP contribution in [-0.4, -0.2) is 17.5 Å². The van der Waals surface area contributed by atoms with Crippen molar-refractivity contribution < 1.29 is 9.59 Å². The Hall–Kier alpha value is -1.40. The van der Waals surface area contributed by atoms with Crippen molar-refractivity contribution in [2.75, 3.05) is 0 Å². The van der Waals surface area contributed by atoms with Gasteiger partial charge in [-0.3, -0.25) is 9.59 Å². The van der Waals surface area contributed by atoms with E-state index in [1.54, 1.807) is 19.1 Å². The number of nitrogens with one attached hydrogen (secondary N) is 1. The third-order valence-electron chi connectivity index (χ3n) is 1.48. The van der Waals surface area contributed by atoms with Crippen molar-refractivity contribution in [3.63, 3.8) is 0 Å². The lowest BCUT2D eigenvalue weighted by atomic mass is 10.3. The van der Waals surface area contributed by atoms with Crippen LogP contribution in [0.25, 0.3) is 0 Å². The number of nitrogens with zero attached hydrogens (tertiary/aromatic N) is 1. The Labute approximate surface area is 94.9 Å². The zero-order valence-electron chi connectivity index (χ0n) is 7.78. The van der Waals surface area contributed by atoms with Gasteiger partial charge in [-0.1, -0.05) is 11.6 Å². The smallest absolute Gasteiger partial charge is 0.329 e. The second kappa shape index (κ2) is 4.90. The number of rotatable bonds is 2. The van der Waals surface area contributed by atoms with Gasteiger partial charge in [-0.2, -0.15) is 5.10 Å². The van der Waals surface area contributed by atoms with E-state index in [-0.39, 0.29) is 0 Å². The molecule has 0 radical (unpaired) electrons. The fraction of sp³-hybridized carbons (Fsp3) is 0.125. The summed E-state index contributed by atoms with van der Waals surface area (Å²) < 4.78 is 0.626. The minimum absolute atomic E-state index is 0.557. The molecule has 2 amide bonds. The van der Waals surface area contributed by atoms with E-state index in [4.69, 9.17) is 17.3 Å². The summed E-state index contributed by atoms with van der Waals surface area (Å²) in [7, 11) is 0. The van der Waals surface area contributed by atoms with Gasteiger partial charge in [0, 0.05) is 0 Å². The van der Waals surface area contributed by atoms with Gasteiger partial charge in [-0.25, -0.2) is 5.43 Å². The van der Waals surface area contributed by atoms with Gasteiger partial charge in [0.15, 0.2) is 0 Å². The average molecular weight is 246 g/mol. The zero-order valence-corrected chi connectivity index (χ0v) is 9.35. The number of primary amides is 1. The third-order valence-corrected chi connectivity index (χ3v) is 2.82. The number of hydrogen-bond acceptors (Lipinski definition) is 4. The molecule has 0 spiro atoms. The minimum atomic E-state index is -1.07. The number of halogens is 1. The molecule has 0 saturated heterocycles. The van der Waals surface area contributed by atoms with Crippen LogP contribution in [0.5, 0.6) is 0 Å². The summed E-state index contributed by atoms with van der Waals surface area (Å²) in [5, 5.41) is 3.70. The highest BCUT2D eigenvalue weighted by atomic mass is 35.5. The first-order valence-electron chi connectivity index (χ1n) is 3.90. The highest BCUT2D eigenvalue weighted by molar-refractivity contribution is 7.18. The van der Waals surface area contributed by atoms with Crippen molar-refractivity contribution in [1.29, 1.82) is 0 Å². The second-order valence-electron chi connectivity index (χ2n) is 2.61. The quantitative estimate of drug-likeness (QED) is 0.457. The highest BCUT2D eigenvalue weighted by Gasteiger charge is 2.07. The van der Waals surface area contributed by atoms with Crippen LogP contribution in [0.3, 0.4) is 0 Å². The Balaban J connectivity index is 2.69. The van der Waals surface area contributed by atoms with Gasteiger partial charge < -0.3 is 5.73 Å². The summed E-state index contributed by atoms with van der Waals surface area (Å²) in [6.07, 6.45) is 0. The number of amides is 2. The van der Waals surface area contributed by atoms with Gasteiger partial charge in [0.25, 0.3) is 0 Å². The van der Waals surface area contributed by atoms with Crippen LogP contribution in [0, 0.1) is 0 Å². The number of hydrogen-bond donors (Lipinski definition) is 2. The maximum Gasteiger partial charge on any atom is 0.329 e. The molecule has 7 heteroatoms. The van der Waals surface area contributed by atoms with Gasteiger partial charge in [0.05, 0.1) is 14.9 Å². The van der Waals surface area contributed by atoms with Crippen molar-refractivity contribution in [3.05, 3.63) is 21.3 Å². The number of carbonyl (C=O) groups is 2. The Morgan fingerprint density at radius 1 is 1.53 bits per heavy atom. The molecule has 0 unspecified atom stereocenters. The molecule has 3 N–H and O–H groups in total. The molecular weight excluding hydrogens is 238 g/mol. The zero-order chi connectivity index (χ0) is 11.4. The molecule has 0 aliphatic rings. The summed E-state index contributed by atoms with van der Waals surface area (Å²) in [6.45, 7) is 1.68. The fourth-order valence-electron chi connectivity index (χ4n) is 0.754. The van der Waals surface area contributed by atoms with Crippen molar-refractivity contribution in [1.82, 2.24) is 5.43 Å². The molecule has 0 aliphatic carbocycles. The molecule has 0 aliphatic heterocycles. The second-order valence-corrected chi connectivity index (χ2v) is 4.32. The van der Waals surface area contributed by atoms with Crippen molar-refractivity contribution in [3.8, 4) is 0 Å². The lowest BCUT2D eigenvalue weighted by molar-refractivity contribution is -0.137. The number of hydrazone groups is 1. The van der Waals surface area contributed by atoms with Crippen LogP contribution >= 0.6 is 22.9 Å². The van der Waals surface area contributed by atoms with E-state index in [2.05, 4.69) is 5.10 Å². The summed E-state index contributed by atoms with van der Waals surface area (Å²) in [4.78, 5) is 22.0. The maximum absolute atomic E-state index is 10.8. The molecule has 1 aromatic heterocycles. The topological polar surface area (TPSA) is 84.6 Å². The van der Waals surface area contributed by atoms with Crippen LogP contribution < -0.4 is 11.2 Å². The van der Waals surface area contributed by atoms with Crippen molar-refractivity contribution in [2.24, 2.45) is 10.8 Å². The molecule has 0 aromatic carbocycles. The first-order chi connectivity index (χ1) is 7.00. The van der Waals surface area contributed by atoms with Gasteiger partial charge >= 0.3 is 11.8 Å². The van der Waals surface area contributed by atoms with Crippen LogP contribution in [0.4, 0.5) is 0 Å². The average Bonchev–Trinajstić information content (AvgIpc) is 2.60. The van der Waals surface area contributed by atoms with Crippen molar-refractivity contribution >= 4 is 40.5 Å². The molecule has 0 atom stereocenters. The maximum atomic E-state index is 10.8. The summed E-state index contributed by atoms with van der Waals surface area (Å²) >= 11 is 7.04. The predicted octanol–water partition coefficient (Wildman–Crippen LogP) is 0.727. The van der Waals surface area contributed by atoms with Crippen LogP contribution in [0.2, 0.25) is 4.34 Å². The lowest BCUT2D eigenvalue weighted by Gasteiger charge is -1.97. The Kier molecular flexibility index (Phi) is 3.81. The van der Waals surface area contributed by atoms with Gasteiger partial charge in [-0.15, -0.1) is 11.3 Å². The van der Waals surface area contributed by atoms with E-state index in [0.717, 1.165) is 4.88 Å². The molecule has 1 heterocycles. The standard InChI is InChI=1S/C8H8ClN3O2S/c1-4(5-2-3-6(9)15-5)11-12-8(14)7(10)13/h2-3H,1H3,(H2,10,13)(H,12,14)/b11-4+. The third kappa shape index (κ3) is 3.34. The van der Waals surface area contributed by atoms with Crippen LogP contribution in [0.15, 0.2) is 17.2 Å². The van der Waals surface area contributed by atoms with E-state index in [0.29, 0.717) is 10.0 Å². The molecule has 80 valence electrons. The monoisotopic (exact) mass is 245 g/mol. The summed E-state index contributed by atoms with van der Waals surface area (Å²) in [5.41, 5.74) is 7.31. The molecule has 5 nitrogen and oxygen atoms in total. The van der Waals surface area contributed by atoms with E-state index >= 15 is 0 Å². The molecule has 15 heavy (non-hydrogen) atoms. The van der Waals surface area contributed by atoms with Gasteiger partial charge in [0.1, 0.15) is 0 Å². The number of thiophene rings is 1. The minimum Gasteiger partial charge on any atom is -0.361 e. The number of nitrogens with two attached hydrogens (primary N) is 1. The largest absolute Gasteiger partial charge is 0.361 e. The van der Waals surface area contributed by atoms with E-state index in [1.807, 2.05) is 5.43 Å². The molecule has 1 aromatic rings. The Bertz CT molecular complexity index is 427. The lowest BCUT2D eigenvalue weighted by Crippen LogP contribution is -2.33. The normalized spacial score (nSPS) is 11.2. The first kappa shape index (κ1) is 11.7. The fourth-order valence-corrected chi connectivity index (χ4v) is 1.74. The van der Waals surface area contributed by atoms with Crippen molar-refractivity contribution in [2.45, 2.75) is 6.92 Å². The highest BCUT2D eigenvalue weighted by Crippen LogP contribution is 2.21. The van der Waals surface area contributed by atoms with Crippen LogP contribution in [0.1, 0.15) is 11.8 Å². The van der Waals surface area contributed by atoms with E-state index in [1.165, 1.54) is 11.3 Å². The van der Waals surface area contributed by atoms with Gasteiger partial charge in [-0.05, 0) is 19.1 Å².